The van der Waals surface area contributed by atoms with Crippen LogP contribution in [0, 0.1) is 11.3 Å². The van der Waals surface area contributed by atoms with Gasteiger partial charge < -0.3 is 18.8 Å². The molecule has 3 aliphatic heterocycles. The van der Waals surface area contributed by atoms with Crippen LogP contribution >= 0.6 is 24.0 Å². The second-order valence-corrected chi connectivity index (χ2v) is 8.02. The van der Waals surface area contributed by atoms with Gasteiger partial charge in [-0.2, -0.15) is 10.2 Å². The molecule has 3 aliphatic rings. The first kappa shape index (κ1) is 18.4. The number of ether oxygens (including phenoxy) is 2. The summed E-state index contributed by atoms with van der Waals surface area (Å²) in [7, 11) is 0. The van der Waals surface area contributed by atoms with Crippen molar-refractivity contribution in [3.8, 4) is 6.07 Å². The molecule has 3 fully saturated rings. The molecule has 142 valence electrons. The summed E-state index contributed by atoms with van der Waals surface area (Å²) in [4.78, 5) is 20.9. The number of carbonyl (C=O) groups is 1. The van der Waals surface area contributed by atoms with Gasteiger partial charge in [-0.1, -0.05) is 24.0 Å². The zero-order valence-electron chi connectivity index (χ0n) is 14.5. The summed E-state index contributed by atoms with van der Waals surface area (Å²) in [6.45, 7) is 3.61. The maximum absolute atomic E-state index is 12.7. The first-order valence-corrected chi connectivity index (χ1v) is 9.99. The summed E-state index contributed by atoms with van der Waals surface area (Å²) in [5.74, 6) is 0.470. The lowest BCUT2D eigenvalue weighted by Crippen LogP contribution is -2.36. The Hall–Kier alpha value is -1.93. The van der Waals surface area contributed by atoms with E-state index in [0.29, 0.717) is 48.0 Å². The third kappa shape index (κ3) is 3.87. The zero-order chi connectivity index (χ0) is 18.8. The Bertz CT molecular complexity index is 819. The molecule has 0 aliphatic carbocycles. The minimum absolute atomic E-state index is 0.0340. The molecule has 1 aromatic rings. The van der Waals surface area contributed by atoms with Gasteiger partial charge in [0, 0.05) is 25.8 Å². The van der Waals surface area contributed by atoms with Gasteiger partial charge in [0.05, 0.1) is 30.8 Å². The van der Waals surface area contributed by atoms with E-state index in [4.69, 9.17) is 26.1 Å². The van der Waals surface area contributed by atoms with Crippen LogP contribution in [0.25, 0.3) is 6.08 Å². The van der Waals surface area contributed by atoms with Gasteiger partial charge in [-0.25, -0.2) is 0 Å². The normalized spacial score (nSPS) is 24.9. The molecule has 0 unspecified atom stereocenters. The molecule has 0 saturated carbocycles. The number of thioether (sulfide) groups is 1. The van der Waals surface area contributed by atoms with E-state index in [-0.39, 0.29) is 23.6 Å². The van der Waals surface area contributed by atoms with Crippen LogP contribution in [-0.2, 0) is 14.3 Å². The van der Waals surface area contributed by atoms with E-state index in [1.165, 1.54) is 11.8 Å². The average Bonchev–Trinajstić information content (AvgIpc) is 3.40. The summed E-state index contributed by atoms with van der Waals surface area (Å²) in [6.07, 6.45) is 3.53. The molecule has 27 heavy (non-hydrogen) atoms. The van der Waals surface area contributed by atoms with E-state index in [2.05, 4.69) is 11.1 Å². The smallest absolute Gasteiger partial charge is 0.266 e. The van der Waals surface area contributed by atoms with Crippen LogP contribution in [0.5, 0.6) is 0 Å². The van der Waals surface area contributed by atoms with Crippen molar-refractivity contribution in [2.45, 2.75) is 18.9 Å². The van der Waals surface area contributed by atoms with Gasteiger partial charge in [-0.15, -0.1) is 0 Å². The number of anilines is 1. The number of thiocarbonyl (C=S) groups is 1. The van der Waals surface area contributed by atoms with Crippen LogP contribution < -0.4 is 4.90 Å². The number of oxazole rings is 1. The number of rotatable bonds is 4. The van der Waals surface area contributed by atoms with E-state index in [1.54, 1.807) is 11.0 Å². The lowest BCUT2D eigenvalue weighted by atomic mass is 10.2. The van der Waals surface area contributed by atoms with Gasteiger partial charge in [0.2, 0.25) is 17.5 Å². The number of aromatic nitrogens is 1. The van der Waals surface area contributed by atoms with Crippen molar-refractivity contribution in [2.24, 2.45) is 0 Å². The van der Waals surface area contributed by atoms with Gasteiger partial charge in [0.25, 0.3) is 5.91 Å². The molecule has 3 saturated heterocycles. The summed E-state index contributed by atoms with van der Waals surface area (Å²) in [6, 6.07) is 2.05. The number of hydrogen-bond acceptors (Lipinski definition) is 9. The predicted molar refractivity (Wildman–Crippen MR) is 103 cm³/mol. The van der Waals surface area contributed by atoms with Crippen LogP contribution in [0.4, 0.5) is 5.88 Å². The van der Waals surface area contributed by atoms with Gasteiger partial charge in [-0.05, 0) is 12.8 Å². The maximum Gasteiger partial charge on any atom is 0.266 e. The topological polar surface area (TPSA) is 91.8 Å². The third-order valence-electron chi connectivity index (χ3n) is 4.57. The van der Waals surface area contributed by atoms with Crippen LogP contribution in [0.2, 0.25) is 0 Å². The molecule has 0 N–H and O–H groups in total. The number of nitriles is 1. The summed E-state index contributed by atoms with van der Waals surface area (Å²) >= 11 is 6.56. The summed E-state index contributed by atoms with van der Waals surface area (Å²) in [5, 5.41) is 9.35. The number of carbonyl (C=O) groups excluding carboxylic acids is 1. The van der Waals surface area contributed by atoms with Crippen LogP contribution in [0.15, 0.2) is 9.32 Å². The van der Waals surface area contributed by atoms with E-state index in [9.17, 15) is 10.1 Å². The van der Waals surface area contributed by atoms with Gasteiger partial charge >= 0.3 is 0 Å². The molecule has 0 radical (unpaired) electrons. The zero-order valence-corrected chi connectivity index (χ0v) is 16.2. The number of amides is 1. The summed E-state index contributed by atoms with van der Waals surface area (Å²) in [5.41, 5.74) is 0.206. The van der Waals surface area contributed by atoms with Gasteiger partial charge in [0.1, 0.15) is 10.4 Å². The molecule has 10 heteroatoms. The van der Waals surface area contributed by atoms with E-state index >= 15 is 0 Å². The van der Waals surface area contributed by atoms with Crippen molar-refractivity contribution in [3.63, 3.8) is 0 Å². The highest BCUT2D eigenvalue weighted by Crippen LogP contribution is 2.34. The fourth-order valence-corrected chi connectivity index (χ4v) is 4.44. The van der Waals surface area contributed by atoms with E-state index < -0.39 is 0 Å². The Morgan fingerprint density at radius 1 is 1.37 bits per heavy atom. The Morgan fingerprint density at radius 3 is 2.89 bits per heavy atom. The Kier molecular flexibility index (Phi) is 5.45. The molecular weight excluding hydrogens is 388 g/mol. The largest absolute Gasteiger partial charge is 0.420 e. The number of morpholine rings is 1. The Labute approximate surface area is 166 Å². The average molecular weight is 406 g/mol. The van der Waals surface area contributed by atoms with Crippen LogP contribution in [-0.4, -0.2) is 65.7 Å². The number of hydrogen-bond donors (Lipinski definition) is 0. The van der Waals surface area contributed by atoms with Crippen molar-refractivity contribution in [3.05, 3.63) is 16.5 Å². The van der Waals surface area contributed by atoms with Crippen molar-refractivity contribution >= 4 is 46.2 Å². The van der Waals surface area contributed by atoms with Crippen molar-refractivity contribution < 1.29 is 18.7 Å². The molecule has 1 aromatic heterocycles. The van der Waals surface area contributed by atoms with E-state index in [1.807, 2.05) is 4.90 Å². The first-order chi connectivity index (χ1) is 13.2. The second kappa shape index (κ2) is 7.98. The highest BCUT2D eigenvalue weighted by molar-refractivity contribution is 8.26. The fourth-order valence-electron chi connectivity index (χ4n) is 3.21. The van der Waals surface area contributed by atoms with Crippen molar-refractivity contribution in [1.82, 2.24) is 9.88 Å². The predicted octanol–water partition coefficient (Wildman–Crippen LogP) is 1.76. The lowest BCUT2D eigenvalue weighted by Gasteiger charge is -2.25. The molecule has 0 aromatic carbocycles. The summed E-state index contributed by atoms with van der Waals surface area (Å²) < 4.78 is 17.2. The highest BCUT2D eigenvalue weighted by atomic mass is 32.2. The molecule has 0 spiro atoms. The third-order valence-corrected chi connectivity index (χ3v) is 5.95. The molecule has 8 nitrogen and oxygen atoms in total. The lowest BCUT2D eigenvalue weighted by molar-refractivity contribution is -0.123. The number of nitrogens with zero attached hydrogens (tertiary/aromatic N) is 4. The minimum Gasteiger partial charge on any atom is -0.420 e. The SMILES string of the molecule is N#Cc1nc(/C=C2\SC(=S)N(C[C@H]3CCCO3)C2=O)oc1N1CCOCC1. The Balaban J connectivity index is 1.53. The van der Waals surface area contributed by atoms with Crippen molar-refractivity contribution in [1.29, 1.82) is 5.26 Å². The van der Waals surface area contributed by atoms with Gasteiger partial charge in [0.15, 0.2) is 0 Å². The minimum atomic E-state index is -0.176. The monoisotopic (exact) mass is 406 g/mol. The first-order valence-electron chi connectivity index (χ1n) is 8.76. The van der Waals surface area contributed by atoms with Gasteiger partial charge in [-0.3, -0.25) is 9.69 Å². The molecule has 0 bridgehead atoms. The fraction of sp³-hybridized carbons (Fsp3) is 0.529. The standard InChI is InChI=1S/C17H18N4O4S2/c18-9-12-16(20-3-6-23-7-4-20)25-14(19-12)8-13-15(22)21(17(26)27-13)10-11-2-1-5-24-11/h8,11H,1-7,10H2/b13-8-/t11-/m1/s1. The quantitative estimate of drug-likeness (QED) is 0.548. The van der Waals surface area contributed by atoms with Crippen molar-refractivity contribution in [2.75, 3.05) is 44.4 Å². The molecular formula is C17H18N4O4S2. The Morgan fingerprint density at radius 2 is 2.19 bits per heavy atom. The molecule has 1 atom stereocenters. The van der Waals surface area contributed by atoms with Crippen LogP contribution in [0.1, 0.15) is 24.4 Å². The van der Waals surface area contributed by atoms with E-state index in [0.717, 1.165) is 19.4 Å². The molecule has 1 amide bonds. The maximum atomic E-state index is 12.7. The van der Waals surface area contributed by atoms with Crippen LogP contribution in [0.3, 0.4) is 0 Å². The molecule has 4 heterocycles. The second-order valence-electron chi connectivity index (χ2n) is 6.34. The highest BCUT2D eigenvalue weighted by Gasteiger charge is 2.35. The molecule has 4 rings (SSSR count).